The van der Waals surface area contributed by atoms with Gasteiger partial charge in [0, 0.05) is 37.0 Å². The number of aromatic hydroxyl groups is 1. The third kappa shape index (κ3) is 4.92. The number of benzene rings is 1. The third-order valence-corrected chi connectivity index (χ3v) is 3.16. The maximum atomic E-state index is 12.2. The minimum absolute atomic E-state index is 0.00506. The number of halogens is 3. The largest absolute Gasteiger partial charge is 0.508 e. The molecule has 0 aromatic heterocycles. The molecule has 2 N–H and O–H groups in total. The molecule has 0 aliphatic rings. The summed E-state index contributed by atoms with van der Waals surface area (Å²) < 4.78 is 36.5. The van der Waals surface area contributed by atoms with Gasteiger partial charge in [0.05, 0.1) is 6.42 Å². The number of nitrogens with zero attached hydrogens (tertiary/aromatic N) is 1. The maximum absolute atomic E-state index is 12.2. The van der Waals surface area contributed by atoms with E-state index in [1.54, 1.807) is 19.2 Å². The number of rotatable bonds is 6. The first-order chi connectivity index (χ1) is 9.24. The fraction of sp³-hybridized carbons (Fsp3) is 0.571. The van der Waals surface area contributed by atoms with Crippen molar-refractivity contribution in [3.8, 4) is 5.75 Å². The molecule has 0 aliphatic heterocycles. The summed E-state index contributed by atoms with van der Waals surface area (Å²) in [5.41, 5.74) is 1.30. The lowest BCUT2D eigenvalue weighted by Crippen LogP contribution is -2.24. The normalized spacial score (nSPS) is 13.3. The Hall–Kier alpha value is -1.43. The standard InChI is InChI=1S/C14H21F3N2O/c1-4-18-10(2)12-6-5-11(9-13(12)20)19(3)8-7-14(15,16)17/h5-6,9-10,18,20H,4,7-8H2,1-3H3. The molecular formula is C14H21F3N2O. The number of hydrogen-bond donors (Lipinski definition) is 2. The van der Waals surface area contributed by atoms with Crippen LogP contribution in [0.4, 0.5) is 18.9 Å². The summed E-state index contributed by atoms with van der Waals surface area (Å²) in [6, 6.07) is 4.95. The first kappa shape index (κ1) is 16.6. The van der Waals surface area contributed by atoms with E-state index in [-0.39, 0.29) is 18.3 Å². The van der Waals surface area contributed by atoms with Crippen molar-refractivity contribution in [1.82, 2.24) is 5.32 Å². The van der Waals surface area contributed by atoms with Gasteiger partial charge in [-0.2, -0.15) is 13.2 Å². The maximum Gasteiger partial charge on any atom is 0.390 e. The van der Waals surface area contributed by atoms with E-state index in [1.165, 1.54) is 11.0 Å². The Bertz CT molecular complexity index is 435. The Morgan fingerprint density at radius 1 is 1.35 bits per heavy atom. The molecule has 0 bridgehead atoms. The molecule has 0 saturated heterocycles. The number of phenols is 1. The van der Waals surface area contributed by atoms with Crippen molar-refractivity contribution >= 4 is 5.69 Å². The summed E-state index contributed by atoms with van der Waals surface area (Å²) in [5.74, 6) is 0.0924. The second kappa shape index (κ2) is 6.83. The molecule has 1 rings (SSSR count). The molecule has 1 aromatic rings. The molecule has 1 unspecified atom stereocenters. The van der Waals surface area contributed by atoms with Gasteiger partial charge in [0.15, 0.2) is 0 Å². The third-order valence-electron chi connectivity index (χ3n) is 3.16. The zero-order valence-electron chi connectivity index (χ0n) is 12.0. The first-order valence-corrected chi connectivity index (χ1v) is 6.58. The molecule has 0 saturated carbocycles. The van der Waals surface area contributed by atoms with Crippen LogP contribution >= 0.6 is 0 Å². The molecule has 0 spiro atoms. The minimum atomic E-state index is -4.17. The molecule has 0 amide bonds. The first-order valence-electron chi connectivity index (χ1n) is 6.58. The summed E-state index contributed by atoms with van der Waals surface area (Å²) in [4.78, 5) is 1.48. The molecule has 1 aromatic carbocycles. The molecule has 6 heteroatoms. The zero-order chi connectivity index (χ0) is 15.3. The van der Waals surface area contributed by atoms with Gasteiger partial charge in [0.1, 0.15) is 5.75 Å². The highest BCUT2D eigenvalue weighted by Crippen LogP contribution is 2.29. The summed E-state index contributed by atoms with van der Waals surface area (Å²) in [6.45, 7) is 4.53. The lowest BCUT2D eigenvalue weighted by molar-refractivity contribution is -0.132. The van der Waals surface area contributed by atoms with Crippen molar-refractivity contribution in [3.05, 3.63) is 23.8 Å². The number of hydrogen-bond acceptors (Lipinski definition) is 3. The SMILES string of the molecule is CCNC(C)c1ccc(N(C)CCC(F)(F)F)cc1O. The lowest BCUT2D eigenvalue weighted by atomic mass is 10.1. The fourth-order valence-electron chi connectivity index (χ4n) is 1.98. The monoisotopic (exact) mass is 290 g/mol. The topological polar surface area (TPSA) is 35.5 Å². The molecule has 20 heavy (non-hydrogen) atoms. The van der Waals surface area contributed by atoms with Crippen LogP contribution < -0.4 is 10.2 Å². The van der Waals surface area contributed by atoms with Crippen LogP contribution in [0, 0.1) is 0 Å². The van der Waals surface area contributed by atoms with Crippen LogP contribution in [-0.2, 0) is 0 Å². The predicted octanol–water partition coefficient (Wildman–Crippen LogP) is 3.45. The Morgan fingerprint density at radius 2 is 2.00 bits per heavy atom. The van der Waals surface area contributed by atoms with Gasteiger partial charge in [-0.25, -0.2) is 0 Å². The van der Waals surface area contributed by atoms with Crippen LogP contribution in [0.15, 0.2) is 18.2 Å². The van der Waals surface area contributed by atoms with Gasteiger partial charge in [-0.05, 0) is 19.5 Å². The Morgan fingerprint density at radius 3 is 2.50 bits per heavy atom. The van der Waals surface area contributed by atoms with Crippen LogP contribution in [0.2, 0.25) is 0 Å². The van der Waals surface area contributed by atoms with Crippen LogP contribution in [0.25, 0.3) is 0 Å². The highest BCUT2D eigenvalue weighted by atomic mass is 19.4. The van der Waals surface area contributed by atoms with E-state index < -0.39 is 12.6 Å². The Balaban J connectivity index is 2.76. The van der Waals surface area contributed by atoms with Crippen molar-refractivity contribution in [2.45, 2.75) is 32.5 Å². The molecule has 3 nitrogen and oxygen atoms in total. The Labute approximate surface area is 117 Å². The van der Waals surface area contributed by atoms with Gasteiger partial charge in [-0.3, -0.25) is 0 Å². The van der Waals surface area contributed by atoms with Crippen molar-refractivity contribution in [3.63, 3.8) is 0 Å². The zero-order valence-corrected chi connectivity index (χ0v) is 12.0. The summed E-state index contributed by atoms with van der Waals surface area (Å²) in [6.07, 6.45) is -5.05. The highest BCUT2D eigenvalue weighted by Gasteiger charge is 2.27. The van der Waals surface area contributed by atoms with E-state index in [2.05, 4.69) is 5.32 Å². The molecule has 0 radical (unpaired) electrons. The van der Waals surface area contributed by atoms with Crippen molar-refractivity contribution in [1.29, 1.82) is 0 Å². The smallest absolute Gasteiger partial charge is 0.390 e. The summed E-state index contributed by atoms with van der Waals surface area (Å²) in [7, 11) is 1.58. The van der Waals surface area contributed by atoms with E-state index in [0.717, 1.165) is 12.1 Å². The predicted molar refractivity (Wildman–Crippen MR) is 74.1 cm³/mol. The minimum Gasteiger partial charge on any atom is -0.508 e. The van der Waals surface area contributed by atoms with Crippen LogP contribution in [-0.4, -0.2) is 31.4 Å². The van der Waals surface area contributed by atoms with Gasteiger partial charge >= 0.3 is 6.18 Å². The number of nitrogens with one attached hydrogen (secondary N) is 1. The fourth-order valence-corrected chi connectivity index (χ4v) is 1.98. The second-order valence-corrected chi connectivity index (χ2v) is 4.81. The molecule has 114 valence electrons. The second-order valence-electron chi connectivity index (χ2n) is 4.81. The number of alkyl halides is 3. The molecular weight excluding hydrogens is 269 g/mol. The van der Waals surface area contributed by atoms with Crippen molar-refractivity contribution < 1.29 is 18.3 Å². The van der Waals surface area contributed by atoms with Crippen molar-refractivity contribution in [2.75, 3.05) is 25.0 Å². The van der Waals surface area contributed by atoms with Gasteiger partial charge in [0.25, 0.3) is 0 Å². The highest BCUT2D eigenvalue weighted by molar-refractivity contribution is 5.53. The lowest BCUT2D eigenvalue weighted by Gasteiger charge is -2.22. The van der Waals surface area contributed by atoms with Crippen LogP contribution in [0.5, 0.6) is 5.75 Å². The van der Waals surface area contributed by atoms with E-state index in [1.807, 2.05) is 13.8 Å². The molecule has 0 fully saturated rings. The summed E-state index contributed by atoms with van der Waals surface area (Å²) >= 11 is 0. The van der Waals surface area contributed by atoms with E-state index in [9.17, 15) is 18.3 Å². The van der Waals surface area contributed by atoms with Gasteiger partial charge in [-0.15, -0.1) is 0 Å². The van der Waals surface area contributed by atoms with Crippen molar-refractivity contribution in [2.24, 2.45) is 0 Å². The molecule has 0 heterocycles. The quantitative estimate of drug-likeness (QED) is 0.842. The average Bonchev–Trinajstić information content (AvgIpc) is 2.35. The Kier molecular flexibility index (Phi) is 5.68. The van der Waals surface area contributed by atoms with Gasteiger partial charge < -0.3 is 15.3 Å². The van der Waals surface area contributed by atoms with E-state index in [0.29, 0.717) is 5.69 Å². The summed E-state index contributed by atoms with van der Waals surface area (Å²) in [5, 5.41) is 13.2. The van der Waals surface area contributed by atoms with Gasteiger partial charge in [-0.1, -0.05) is 13.0 Å². The number of phenolic OH excluding ortho intramolecular Hbond substituents is 1. The average molecular weight is 290 g/mol. The van der Waals surface area contributed by atoms with Gasteiger partial charge in [0.2, 0.25) is 0 Å². The number of anilines is 1. The molecule has 1 atom stereocenters. The van der Waals surface area contributed by atoms with E-state index in [4.69, 9.17) is 0 Å². The van der Waals surface area contributed by atoms with E-state index >= 15 is 0 Å². The van der Waals surface area contributed by atoms with Crippen LogP contribution in [0.3, 0.4) is 0 Å². The molecule has 0 aliphatic carbocycles. The van der Waals surface area contributed by atoms with Crippen LogP contribution in [0.1, 0.15) is 31.9 Å².